The van der Waals surface area contributed by atoms with E-state index in [9.17, 15) is 24.8 Å². The SMILES string of the molecule is COc1c(C)cc2c(c1O)[C@H]1[C@@H]3Cc4c(OC(C)=O)c(C)c5c(c4[C@H](CN4C(=O)c6ccccc6C4=O)N3[C@@H](C#N)[C@@H](C2)N1C)OCO5. The van der Waals surface area contributed by atoms with Crippen molar-refractivity contribution in [1.29, 1.82) is 5.26 Å². The molecule has 0 spiro atoms. The molecule has 246 valence electrons. The molecule has 12 nitrogen and oxygen atoms in total. The number of carbonyl (C=O) groups is 3. The Morgan fingerprint density at radius 1 is 1.04 bits per heavy atom. The summed E-state index contributed by atoms with van der Waals surface area (Å²) in [7, 11) is 3.48. The van der Waals surface area contributed by atoms with Gasteiger partial charge in [0.05, 0.1) is 36.4 Å². The Balaban J connectivity index is 1.38. The van der Waals surface area contributed by atoms with Crippen LogP contribution in [0.3, 0.4) is 0 Å². The molecule has 12 heteroatoms. The summed E-state index contributed by atoms with van der Waals surface area (Å²) in [5, 5.41) is 22.6. The van der Waals surface area contributed by atoms with E-state index in [-0.39, 0.29) is 25.1 Å². The molecule has 1 N–H and O–H groups in total. The van der Waals surface area contributed by atoms with Gasteiger partial charge >= 0.3 is 5.97 Å². The van der Waals surface area contributed by atoms with Crippen molar-refractivity contribution in [2.24, 2.45) is 0 Å². The van der Waals surface area contributed by atoms with Crippen LogP contribution in [-0.2, 0) is 17.6 Å². The molecule has 0 saturated carbocycles. The summed E-state index contributed by atoms with van der Waals surface area (Å²) in [6.07, 6.45) is 0.794. The van der Waals surface area contributed by atoms with Gasteiger partial charge in [0.15, 0.2) is 23.0 Å². The number of benzene rings is 3. The minimum absolute atomic E-state index is 0.0444. The molecule has 5 aliphatic heterocycles. The highest BCUT2D eigenvalue weighted by Crippen LogP contribution is 2.58. The molecule has 0 aromatic heterocycles. The Kier molecular flexibility index (Phi) is 6.74. The van der Waals surface area contributed by atoms with Gasteiger partial charge in [0.25, 0.3) is 11.8 Å². The number of carbonyl (C=O) groups excluding carboxylic acids is 3. The molecule has 3 aromatic rings. The van der Waals surface area contributed by atoms with E-state index >= 15 is 0 Å². The van der Waals surface area contributed by atoms with Gasteiger partial charge in [-0.3, -0.25) is 29.1 Å². The number of esters is 1. The van der Waals surface area contributed by atoms with Crippen molar-refractivity contribution < 1.29 is 38.4 Å². The number of piperazine rings is 1. The minimum Gasteiger partial charge on any atom is -0.504 e. The van der Waals surface area contributed by atoms with Crippen molar-refractivity contribution in [3.8, 4) is 34.8 Å². The van der Waals surface area contributed by atoms with E-state index in [0.29, 0.717) is 69.2 Å². The Morgan fingerprint density at radius 2 is 1.73 bits per heavy atom. The number of methoxy groups -OCH3 is 1. The summed E-state index contributed by atoms with van der Waals surface area (Å²) >= 11 is 0. The summed E-state index contributed by atoms with van der Waals surface area (Å²) in [6, 6.07) is 8.71. The molecule has 0 radical (unpaired) electrons. The highest BCUT2D eigenvalue weighted by molar-refractivity contribution is 6.21. The first-order valence-corrected chi connectivity index (χ1v) is 15.9. The number of likely N-dealkylation sites (N-methyl/N-ethyl adjacent to an activating group) is 1. The molecular weight excluding hydrogens is 616 g/mol. The van der Waals surface area contributed by atoms with Crippen LogP contribution in [0.25, 0.3) is 0 Å². The highest BCUT2D eigenvalue weighted by Gasteiger charge is 2.57. The maximum atomic E-state index is 13.8. The third-order valence-corrected chi connectivity index (χ3v) is 10.7. The standard InChI is InChI=1S/C36H34N4O8/c1-16-10-19-11-23-25(13-37)40-24(29(38(23)4)27(19)30(42)31(16)45-5)12-22-28(34-33(46-15-47-34)17(2)32(22)48-18(3)41)26(40)14-39-35(43)20-8-6-7-9-21(20)36(39)44/h6-10,23-26,29,42H,11-12,14-15H2,1-5H3/t23-,24+,25+,26+,29-/m1/s1. The Hall–Kier alpha value is -5.12. The number of hydrogen-bond donors (Lipinski definition) is 1. The number of fused-ring (bicyclic) bond motifs is 10. The number of hydrogen-bond acceptors (Lipinski definition) is 11. The molecule has 1 fully saturated rings. The average Bonchev–Trinajstić information content (AvgIpc) is 3.64. The molecular formula is C36H34N4O8. The van der Waals surface area contributed by atoms with E-state index in [1.807, 2.05) is 20.0 Å². The van der Waals surface area contributed by atoms with Crippen LogP contribution in [0.15, 0.2) is 30.3 Å². The lowest BCUT2D eigenvalue weighted by molar-refractivity contribution is -0.132. The van der Waals surface area contributed by atoms with Crippen LogP contribution in [0.5, 0.6) is 28.7 Å². The lowest BCUT2D eigenvalue weighted by Crippen LogP contribution is -2.68. The first-order valence-electron chi connectivity index (χ1n) is 15.9. The van der Waals surface area contributed by atoms with E-state index in [4.69, 9.17) is 18.9 Å². The number of rotatable bonds is 4. The zero-order chi connectivity index (χ0) is 33.8. The van der Waals surface area contributed by atoms with Crippen LogP contribution in [0.1, 0.15) is 73.1 Å². The fourth-order valence-corrected chi connectivity index (χ4v) is 8.87. The highest BCUT2D eigenvalue weighted by atomic mass is 16.7. The maximum absolute atomic E-state index is 13.8. The first kappa shape index (κ1) is 30.2. The topological polar surface area (TPSA) is 142 Å². The van der Waals surface area contributed by atoms with Crippen LogP contribution in [0.2, 0.25) is 0 Å². The third kappa shape index (κ3) is 3.98. The van der Waals surface area contributed by atoms with E-state index in [0.717, 1.165) is 11.1 Å². The van der Waals surface area contributed by atoms with E-state index in [1.165, 1.54) is 18.9 Å². The number of phenolic OH excluding ortho intramolecular Hbond substituents is 1. The number of phenols is 1. The number of imide groups is 1. The van der Waals surface area contributed by atoms with Gasteiger partial charge < -0.3 is 24.1 Å². The van der Waals surface area contributed by atoms with Crippen LogP contribution >= 0.6 is 0 Å². The molecule has 5 aliphatic rings. The van der Waals surface area contributed by atoms with E-state index < -0.39 is 42.0 Å². The lowest BCUT2D eigenvalue weighted by Gasteiger charge is -2.60. The zero-order valence-corrected chi connectivity index (χ0v) is 27.2. The monoisotopic (exact) mass is 650 g/mol. The first-order chi connectivity index (χ1) is 23.1. The van der Waals surface area contributed by atoms with Gasteiger partial charge in [-0.2, -0.15) is 5.26 Å². The predicted molar refractivity (Wildman–Crippen MR) is 169 cm³/mol. The summed E-state index contributed by atoms with van der Waals surface area (Å²) < 4.78 is 23.6. The smallest absolute Gasteiger partial charge is 0.308 e. The summed E-state index contributed by atoms with van der Waals surface area (Å²) in [6.45, 7) is 4.86. The Labute approximate surface area is 276 Å². The number of amides is 2. The summed E-state index contributed by atoms with van der Waals surface area (Å²) in [5.74, 6) is 0.250. The Bertz CT molecular complexity index is 1970. The fourth-order valence-electron chi connectivity index (χ4n) is 8.87. The predicted octanol–water partition coefficient (Wildman–Crippen LogP) is 3.74. The molecule has 5 heterocycles. The van der Waals surface area contributed by atoms with Gasteiger partial charge in [0.1, 0.15) is 11.8 Å². The van der Waals surface area contributed by atoms with Crippen molar-refractivity contribution >= 4 is 17.8 Å². The van der Waals surface area contributed by atoms with Crippen LogP contribution in [0, 0.1) is 25.2 Å². The quantitative estimate of drug-likeness (QED) is 0.251. The normalized spacial score (nSPS) is 25.2. The van der Waals surface area contributed by atoms with E-state index in [1.54, 1.807) is 31.2 Å². The summed E-state index contributed by atoms with van der Waals surface area (Å²) in [5.41, 5.74) is 4.94. The van der Waals surface area contributed by atoms with Crippen molar-refractivity contribution in [2.75, 3.05) is 27.5 Å². The molecule has 0 unspecified atom stereocenters. The average molecular weight is 651 g/mol. The number of ether oxygens (including phenoxy) is 4. The fraction of sp³-hybridized carbons (Fsp3) is 0.389. The van der Waals surface area contributed by atoms with Gasteiger partial charge in [-0.25, -0.2) is 0 Å². The number of aromatic hydroxyl groups is 1. The molecule has 48 heavy (non-hydrogen) atoms. The number of aryl methyl sites for hydroxylation is 1. The van der Waals surface area contributed by atoms with Crippen LogP contribution < -0.4 is 18.9 Å². The Morgan fingerprint density at radius 3 is 2.38 bits per heavy atom. The minimum atomic E-state index is -0.745. The number of nitriles is 1. The molecule has 3 aromatic carbocycles. The maximum Gasteiger partial charge on any atom is 0.308 e. The van der Waals surface area contributed by atoms with Gasteiger partial charge in [-0.15, -0.1) is 0 Å². The summed E-state index contributed by atoms with van der Waals surface area (Å²) in [4.78, 5) is 45.6. The van der Waals surface area contributed by atoms with Crippen molar-refractivity contribution in [2.45, 2.75) is 63.8 Å². The molecule has 5 atom stereocenters. The van der Waals surface area contributed by atoms with Gasteiger partial charge in [0.2, 0.25) is 6.79 Å². The number of nitrogens with zero attached hydrogens (tertiary/aromatic N) is 4. The molecule has 1 saturated heterocycles. The van der Waals surface area contributed by atoms with Gasteiger partial charge in [-0.1, -0.05) is 18.2 Å². The van der Waals surface area contributed by atoms with Gasteiger partial charge in [-0.05, 0) is 57.0 Å². The van der Waals surface area contributed by atoms with Crippen molar-refractivity contribution in [1.82, 2.24) is 14.7 Å². The van der Waals surface area contributed by atoms with Crippen molar-refractivity contribution in [3.63, 3.8) is 0 Å². The molecule has 0 aliphatic carbocycles. The van der Waals surface area contributed by atoms with Crippen LogP contribution in [0.4, 0.5) is 0 Å². The second-order valence-corrected chi connectivity index (χ2v) is 13.1. The van der Waals surface area contributed by atoms with Crippen LogP contribution in [-0.4, -0.2) is 83.2 Å². The van der Waals surface area contributed by atoms with E-state index in [2.05, 4.69) is 15.9 Å². The molecule has 8 rings (SSSR count). The molecule has 2 amide bonds. The second kappa shape index (κ2) is 10.7. The largest absolute Gasteiger partial charge is 0.504 e. The third-order valence-electron chi connectivity index (χ3n) is 10.7. The lowest BCUT2D eigenvalue weighted by atomic mass is 9.71. The molecule has 2 bridgehead atoms. The van der Waals surface area contributed by atoms with Crippen molar-refractivity contribution in [3.05, 3.63) is 74.8 Å². The second-order valence-electron chi connectivity index (χ2n) is 13.1. The van der Waals surface area contributed by atoms with Gasteiger partial charge in [0, 0.05) is 47.8 Å². The zero-order valence-electron chi connectivity index (χ0n) is 27.2.